The summed E-state index contributed by atoms with van der Waals surface area (Å²) in [6.07, 6.45) is 0. The Morgan fingerprint density at radius 3 is 2.71 bits per heavy atom. The van der Waals surface area contributed by atoms with E-state index in [4.69, 9.17) is 11.0 Å². The number of nitrogens with zero attached hydrogens (tertiary/aromatic N) is 1. The van der Waals surface area contributed by atoms with Crippen molar-refractivity contribution in [1.82, 2.24) is 0 Å². The average Bonchev–Trinajstić information content (AvgIpc) is 2.33. The molecule has 4 heteroatoms. The number of benzene rings is 2. The smallest absolute Gasteiger partial charge is 0.125 e. The molecule has 0 aliphatic heterocycles. The van der Waals surface area contributed by atoms with Crippen molar-refractivity contribution in [3.63, 3.8) is 0 Å². The Bertz CT molecular complexity index is 587. The molecule has 0 radical (unpaired) electrons. The lowest BCUT2D eigenvalue weighted by Gasteiger charge is -2.09. The fourth-order valence-electron chi connectivity index (χ4n) is 1.47. The lowest BCUT2D eigenvalue weighted by molar-refractivity contribution is 0.628. The highest BCUT2D eigenvalue weighted by Crippen LogP contribution is 2.24. The molecule has 0 unspecified atom stereocenters. The Balaban J connectivity index is 2.28. The molecular weight excluding hydrogens is 217 g/mol. The molecule has 0 fully saturated rings. The van der Waals surface area contributed by atoms with Gasteiger partial charge in [-0.05, 0) is 36.4 Å². The number of hydrogen-bond donors (Lipinski definition) is 2. The zero-order chi connectivity index (χ0) is 12.3. The third-order valence-electron chi connectivity index (χ3n) is 2.28. The highest BCUT2D eigenvalue weighted by atomic mass is 19.1. The molecule has 0 aromatic heterocycles. The molecule has 0 atom stereocenters. The van der Waals surface area contributed by atoms with Crippen molar-refractivity contribution < 1.29 is 4.39 Å². The van der Waals surface area contributed by atoms with E-state index in [1.165, 1.54) is 12.1 Å². The molecule has 3 nitrogen and oxygen atoms in total. The normalized spacial score (nSPS) is 9.65. The zero-order valence-electron chi connectivity index (χ0n) is 8.94. The van der Waals surface area contributed by atoms with Crippen LogP contribution in [0.15, 0.2) is 42.5 Å². The molecule has 0 spiro atoms. The Hall–Kier alpha value is -2.54. The number of halogens is 1. The second-order valence-corrected chi connectivity index (χ2v) is 3.55. The second-order valence-electron chi connectivity index (χ2n) is 3.55. The molecule has 0 aliphatic rings. The molecule has 2 aromatic carbocycles. The van der Waals surface area contributed by atoms with Gasteiger partial charge in [0, 0.05) is 5.69 Å². The highest BCUT2D eigenvalue weighted by Gasteiger charge is 2.01. The summed E-state index contributed by atoms with van der Waals surface area (Å²) in [4.78, 5) is 0. The van der Waals surface area contributed by atoms with E-state index in [1.54, 1.807) is 24.3 Å². The molecule has 17 heavy (non-hydrogen) atoms. The van der Waals surface area contributed by atoms with Crippen LogP contribution >= 0.6 is 0 Å². The van der Waals surface area contributed by atoms with Crippen LogP contribution in [0.2, 0.25) is 0 Å². The van der Waals surface area contributed by atoms with E-state index < -0.39 is 0 Å². The summed E-state index contributed by atoms with van der Waals surface area (Å²) < 4.78 is 12.9. The van der Waals surface area contributed by atoms with Gasteiger partial charge in [-0.2, -0.15) is 5.26 Å². The van der Waals surface area contributed by atoms with E-state index in [9.17, 15) is 4.39 Å². The molecule has 0 bridgehead atoms. The Kier molecular flexibility index (Phi) is 2.93. The fourth-order valence-corrected chi connectivity index (χ4v) is 1.47. The van der Waals surface area contributed by atoms with Crippen molar-refractivity contribution in [2.24, 2.45) is 0 Å². The minimum absolute atomic E-state index is 0.326. The quantitative estimate of drug-likeness (QED) is 0.775. The van der Waals surface area contributed by atoms with Crippen LogP contribution in [-0.2, 0) is 0 Å². The maximum atomic E-state index is 12.9. The first-order valence-corrected chi connectivity index (χ1v) is 5.01. The number of anilines is 3. The van der Waals surface area contributed by atoms with Crippen LogP contribution in [0.5, 0.6) is 0 Å². The highest BCUT2D eigenvalue weighted by molar-refractivity contribution is 5.72. The SMILES string of the molecule is N#Cc1cccc(Nc2ccc(F)cc2N)c1. The lowest BCUT2D eigenvalue weighted by atomic mass is 10.2. The van der Waals surface area contributed by atoms with Gasteiger partial charge in [-0.25, -0.2) is 4.39 Å². The van der Waals surface area contributed by atoms with Crippen molar-refractivity contribution in [1.29, 1.82) is 5.26 Å². The van der Waals surface area contributed by atoms with Gasteiger partial charge in [0.15, 0.2) is 0 Å². The summed E-state index contributed by atoms with van der Waals surface area (Å²) in [6.45, 7) is 0. The van der Waals surface area contributed by atoms with E-state index in [0.717, 1.165) is 5.69 Å². The van der Waals surface area contributed by atoms with Crippen LogP contribution in [0.4, 0.5) is 21.5 Å². The minimum Gasteiger partial charge on any atom is -0.397 e. The van der Waals surface area contributed by atoms with Gasteiger partial charge in [-0.15, -0.1) is 0 Å². The van der Waals surface area contributed by atoms with Crippen molar-refractivity contribution in [3.8, 4) is 6.07 Å². The molecule has 3 N–H and O–H groups in total. The Morgan fingerprint density at radius 1 is 1.18 bits per heavy atom. The third-order valence-corrected chi connectivity index (χ3v) is 2.28. The van der Waals surface area contributed by atoms with Crippen LogP contribution in [0.1, 0.15) is 5.56 Å². The summed E-state index contributed by atoms with van der Waals surface area (Å²) >= 11 is 0. The van der Waals surface area contributed by atoms with Crippen molar-refractivity contribution in [3.05, 3.63) is 53.8 Å². The first kappa shape index (κ1) is 11.0. The van der Waals surface area contributed by atoms with E-state index in [1.807, 2.05) is 12.1 Å². The summed E-state index contributed by atoms with van der Waals surface area (Å²) in [5.74, 6) is -0.376. The topological polar surface area (TPSA) is 61.8 Å². The maximum Gasteiger partial charge on any atom is 0.125 e. The first-order valence-electron chi connectivity index (χ1n) is 5.01. The number of hydrogen-bond acceptors (Lipinski definition) is 3. The predicted octanol–water partition coefficient (Wildman–Crippen LogP) is 3.02. The maximum absolute atomic E-state index is 12.9. The lowest BCUT2D eigenvalue weighted by Crippen LogP contribution is -1.97. The average molecular weight is 227 g/mol. The summed E-state index contributed by atoms with van der Waals surface area (Å²) in [5, 5.41) is 11.8. The van der Waals surface area contributed by atoms with Crippen molar-refractivity contribution >= 4 is 17.1 Å². The van der Waals surface area contributed by atoms with Gasteiger partial charge in [0.05, 0.1) is 23.0 Å². The molecule has 0 saturated heterocycles. The number of rotatable bonds is 2. The molecule has 84 valence electrons. The molecular formula is C13H10FN3. The standard InChI is InChI=1S/C13H10FN3/c14-10-4-5-13(12(16)7-10)17-11-3-1-2-9(6-11)8-15/h1-7,17H,16H2. The zero-order valence-corrected chi connectivity index (χ0v) is 8.94. The van der Waals surface area contributed by atoms with Gasteiger partial charge in [0.25, 0.3) is 0 Å². The second kappa shape index (κ2) is 4.54. The van der Waals surface area contributed by atoms with Crippen LogP contribution in [0.3, 0.4) is 0 Å². The van der Waals surface area contributed by atoms with Gasteiger partial charge in [-0.3, -0.25) is 0 Å². The van der Waals surface area contributed by atoms with Crippen LogP contribution in [-0.4, -0.2) is 0 Å². The number of nitriles is 1. The molecule has 0 saturated carbocycles. The summed E-state index contributed by atoms with van der Waals surface area (Å²) in [7, 11) is 0. The molecule has 0 aliphatic carbocycles. The van der Waals surface area contributed by atoms with Gasteiger partial charge in [0.1, 0.15) is 5.82 Å². The number of nitrogens with one attached hydrogen (secondary N) is 1. The van der Waals surface area contributed by atoms with Gasteiger partial charge in [-0.1, -0.05) is 6.07 Å². The predicted molar refractivity (Wildman–Crippen MR) is 65.3 cm³/mol. The van der Waals surface area contributed by atoms with Crippen molar-refractivity contribution in [2.45, 2.75) is 0 Å². The largest absolute Gasteiger partial charge is 0.397 e. The monoisotopic (exact) mass is 227 g/mol. The van der Waals surface area contributed by atoms with Crippen LogP contribution in [0, 0.1) is 17.1 Å². The first-order chi connectivity index (χ1) is 8.19. The van der Waals surface area contributed by atoms with Crippen LogP contribution in [0.25, 0.3) is 0 Å². The Labute approximate surface area is 98.3 Å². The van der Waals surface area contributed by atoms with E-state index in [-0.39, 0.29) is 5.82 Å². The number of nitrogens with two attached hydrogens (primary N) is 1. The van der Waals surface area contributed by atoms with Crippen LogP contribution < -0.4 is 11.1 Å². The van der Waals surface area contributed by atoms with Crippen molar-refractivity contribution in [2.75, 3.05) is 11.1 Å². The molecule has 0 amide bonds. The van der Waals surface area contributed by atoms with E-state index >= 15 is 0 Å². The molecule has 2 aromatic rings. The molecule has 2 rings (SSSR count). The fraction of sp³-hybridized carbons (Fsp3) is 0. The van der Waals surface area contributed by atoms with E-state index in [0.29, 0.717) is 16.9 Å². The number of nitrogen functional groups attached to an aromatic ring is 1. The summed E-state index contributed by atoms with van der Waals surface area (Å²) in [5.41, 5.74) is 7.90. The van der Waals surface area contributed by atoms with Gasteiger partial charge in [0.2, 0.25) is 0 Å². The van der Waals surface area contributed by atoms with Gasteiger partial charge >= 0.3 is 0 Å². The third kappa shape index (κ3) is 2.52. The summed E-state index contributed by atoms with van der Waals surface area (Å²) in [6, 6.07) is 13.2. The van der Waals surface area contributed by atoms with E-state index in [2.05, 4.69) is 5.32 Å². The molecule has 0 heterocycles. The van der Waals surface area contributed by atoms with Gasteiger partial charge < -0.3 is 11.1 Å². The Morgan fingerprint density at radius 2 is 2.00 bits per heavy atom. The minimum atomic E-state index is -0.376.